The lowest BCUT2D eigenvalue weighted by molar-refractivity contribution is -0.297. The molecule has 1 aliphatic heterocycles. The topological polar surface area (TPSA) is 135 Å². The Labute approximate surface area is 137 Å². The fourth-order valence-electron chi connectivity index (χ4n) is 2.15. The van der Waals surface area contributed by atoms with Crippen LogP contribution >= 0.6 is 0 Å². The molecule has 0 saturated carbocycles. The molecule has 0 aromatic heterocycles. The lowest BCUT2D eigenvalue weighted by Gasteiger charge is -2.42. The SMILES string of the molecule is CC(=O)OC[C@H]1O[C@H](OC(C)=O)[C@H](O)[C@@H](OC(C)=O)[C@@H]1OC(C)=O. The van der Waals surface area contributed by atoms with Gasteiger partial charge in [-0.1, -0.05) is 0 Å². The Balaban J connectivity index is 3.08. The first kappa shape index (κ1) is 19.8. The number of hydrogen-bond donors (Lipinski definition) is 1. The van der Waals surface area contributed by atoms with Crippen molar-refractivity contribution in [2.75, 3.05) is 6.61 Å². The number of aliphatic hydroxyl groups excluding tert-OH is 1. The molecule has 0 spiro atoms. The summed E-state index contributed by atoms with van der Waals surface area (Å²) in [5, 5.41) is 10.2. The van der Waals surface area contributed by atoms with Crippen LogP contribution in [0, 0.1) is 0 Å². The van der Waals surface area contributed by atoms with Gasteiger partial charge in [-0.3, -0.25) is 19.2 Å². The van der Waals surface area contributed by atoms with Crippen LogP contribution < -0.4 is 0 Å². The fraction of sp³-hybridized carbons (Fsp3) is 0.714. The van der Waals surface area contributed by atoms with E-state index in [-0.39, 0.29) is 6.61 Å². The smallest absolute Gasteiger partial charge is 0.305 e. The monoisotopic (exact) mass is 348 g/mol. The van der Waals surface area contributed by atoms with Crippen molar-refractivity contribution >= 4 is 23.9 Å². The molecule has 10 nitrogen and oxygen atoms in total. The van der Waals surface area contributed by atoms with Crippen molar-refractivity contribution in [3.63, 3.8) is 0 Å². The Morgan fingerprint density at radius 1 is 0.833 bits per heavy atom. The van der Waals surface area contributed by atoms with Gasteiger partial charge in [-0.2, -0.15) is 0 Å². The van der Waals surface area contributed by atoms with E-state index < -0.39 is 54.6 Å². The lowest BCUT2D eigenvalue weighted by atomic mass is 9.98. The highest BCUT2D eigenvalue weighted by atomic mass is 16.7. The largest absolute Gasteiger partial charge is 0.463 e. The van der Waals surface area contributed by atoms with Gasteiger partial charge in [-0.15, -0.1) is 0 Å². The molecule has 136 valence electrons. The molecule has 1 rings (SSSR count). The molecule has 1 aliphatic rings. The first-order valence-corrected chi connectivity index (χ1v) is 7.10. The second-order valence-corrected chi connectivity index (χ2v) is 5.09. The van der Waals surface area contributed by atoms with Crippen molar-refractivity contribution in [2.45, 2.75) is 58.4 Å². The van der Waals surface area contributed by atoms with Gasteiger partial charge in [0.25, 0.3) is 0 Å². The average Bonchev–Trinajstić information content (AvgIpc) is 2.42. The maximum atomic E-state index is 11.3. The van der Waals surface area contributed by atoms with Crippen LogP contribution in [-0.2, 0) is 42.9 Å². The second kappa shape index (κ2) is 8.60. The zero-order chi connectivity index (χ0) is 18.4. The first-order valence-electron chi connectivity index (χ1n) is 7.10. The van der Waals surface area contributed by atoms with Crippen LogP contribution in [0.1, 0.15) is 27.7 Å². The Kier molecular flexibility index (Phi) is 7.11. The van der Waals surface area contributed by atoms with Gasteiger partial charge in [0.1, 0.15) is 12.7 Å². The van der Waals surface area contributed by atoms with Crippen molar-refractivity contribution in [3.8, 4) is 0 Å². The third-order valence-corrected chi connectivity index (χ3v) is 2.95. The minimum absolute atomic E-state index is 0.366. The second-order valence-electron chi connectivity index (χ2n) is 5.09. The molecule has 0 aromatic rings. The minimum atomic E-state index is -1.60. The van der Waals surface area contributed by atoms with E-state index in [1.54, 1.807) is 0 Å². The summed E-state index contributed by atoms with van der Waals surface area (Å²) < 4.78 is 25.0. The van der Waals surface area contributed by atoms with E-state index in [1.807, 2.05) is 0 Å². The molecule has 0 unspecified atom stereocenters. The number of rotatable bonds is 5. The van der Waals surface area contributed by atoms with Crippen molar-refractivity contribution in [1.29, 1.82) is 0 Å². The summed E-state index contributed by atoms with van der Waals surface area (Å²) in [5.74, 6) is -2.87. The molecule has 0 amide bonds. The molecule has 24 heavy (non-hydrogen) atoms. The van der Waals surface area contributed by atoms with Gasteiger partial charge in [-0.05, 0) is 0 Å². The molecule has 0 aliphatic carbocycles. The Morgan fingerprint density at radius 2 is 1.33 bits per heavy atom. The van der Waals surface area contributed by atoms with Gasteiger partial charge in [0.05, 0.1) is 0 Å². The predicted molar refractivity (Wildman–Crippen MR) is 74.2 cm³/mol. The third-order valence-electron chi connectivity index (χ3n) is 2.95. The third kappa shape index (κ3) is 5.78. The van der Waals surface area contributed by atoms with Crippen LogP contribution in [0.5, 0.6) is 0 Å². The average molecular weight is 348 g/mol. The molecule has 1 fully saturated rings. The molecule has 1 N–H and O–H groups in total. The Bertz CT molecular complexity index is 486. The quantitative estimate of drug-likeness (QED) is 0.490. The van der Waals surface area contributed by atoms with E-state index in [1.165, 1.54) is 0 Å². The zero-order valence-corrected chi connectivity index (χ0v) is 13.7. The molecule has 0 radical (unpaired) electrons. The minimum Gasteiger partial charge on any atom is -0.463 e. The van der Waals surface area contributed by atoms with Gasteiger partial charge in [-0.25, -0.2) is 0 Å². The van der Waals surface area contributed by atoms with Crippen molar-refractivity contribution in [1.82, 2.24) is 0 Å². The number of hydrogen-bond acceptors (Lipinski definition) is 10. The molecular formula is C14H20O10. The highest BCUT2D eigenvalue weighted by Gasteiger charge is 2.51. The molecule has 1 saturated heterocycles. The van der Waals surface area contributed by atoms with Gasteiger partial charge in [0.15, 0.2) is 18.3 Å². The number of carbonyl (C=O) groups excluding carboxylic acids is 4. The molecular weight excluding hydrogens is 328 g/mol. The summed E-state index contributed by atoms with van der Waals surface area (Å²) in [6.07, 6.45) is -6.83. The van der Waals surface area contributed by atoms with Crippen LogP contribution in [0.4, 0.5) is 0 Å². The van der Waals surface area contributed by atoms with Crippen molar-refractivity contribution < 1.29 is 48.0 Å². The van der Waals surface area contributed by atoms with Gasteiger partial charge >= 0.3 is 23.9 Å². The van der Waals surface area contributed by atoms with E-state index in [9.17, 15) is 24.3 Å². The van der Waals surface area contributed by atoms with E-state index in [2.05, 4.69) is 0 Å². The predicted octanol–water partition coefficient (Wildman–Crippen LogP) is -0.938. The standard InChI is InChI=1S/C14H20O10/c1-6(15)20-5-10-12(21-7(2)16)13(22-8(3)17)11(19)14(24-10)23-9(4)18/h10-14,19H,5H2,1-4H3/t10-,11-,12-,13-,14+/m1/s1. The molecule has 0 bridgehead atoms. The molecule has 1 heterocycles. The molecule has 5 atom stereocenters. The van der Waals surface area contributed by atoms with E-state index in [0.717, 1.165) is 27.7 Å². The lowest BCUT2D eigenvalue weighted by Crippen LogP contribution is -2.62. The summed E-state index contributed by atoms with van der Waals surface area (Å²) >= 11 is 0. The fourth-order valence-corrected chi connectivity index (χ4v) is 2.15. The normalized spacial score (nSPS) is 29.3. The first-order chi connectivity index (χ1) is 11.1. The summed E-state index contributed by atoms with van der Waals surface area (Å²) in [7, 11) is 0. The van der Waals surface area contributed by atoms with Gasteiger partial charge in [0.2, 0.25) is 6.29 Å². The number of ether oxygens (including phenoxy) is 5. The van der Waals surface area contributed by atoms with Crippen molar-refractivity contribution in [3.05, 3.63) is 0 Å². The summed E-state index contributed by atoms with van der Waals surface area (Å²) in [4.78, 5) is 44.7. The number of aliphatic hydroxyl groups is 1. The van der Waals surface area contributed by atoms with E-state index in [0.29, 0.717) is 0 Å². The van der Waals surface area contributed by atoms with Gasteiger partial charge in [0, 0.05) is 27.7 Å². The van der Waals surface area contributed by atoms with Crippen LogP contribution in [0.15, 0.2) is 0 Å². The highest BCUT2D eigenvalue weighted by Crippen LogP contribution is 2.27. The molecule has 10 heteroatoms. The Morgan fingerprint density at radius 3 is 1.79 bits per heavy atom. The number of carbonyl (C=O) groups is 4. The highest BCUT2D eigenvalue weighted by molar-refractivity contribution is 5.68. The van der Waals surface area contributed by atoms with E-state index in [4.69, 9.17) is 23.7 Å². The van der Waals surface area contributed by atoms with E-state index >= 15 is 0 Å². The maximum Gasteiger partial charge on any atom is 0.305 e. The summed E-state index contributed by atoms with van der Waals surface area (Å²) in [5.41, 5.74) is 0. The maximum absolute atomic E-state index is 11.3. The van der Waals surface area contributed by atoms with Crippen LogP contribution in [0.25, 0.3) is 0 Å². The van der Waals surface area contributed by atoms with Gasteiger partial charge < -0.3 is 28.8 Å². The van der Waals surface area contributed by atoms with Crippen LogP contribution in [0.3, 0.4) is 0 Å². The Hall–Kier alpha value is -2.20. The zero-order valence-electron chi connectivity index (χ0n) is 13.7. The number of esters is 4. The van der Waals surface area contributed by atoms with Crippen LogP contribution in [-0.4, -0.2) is 66.3 Å². The summed E-state index contributed by atoms with van der Waals surface area (Å²) in [6, 6.07) is 0. The van der Waals surface area contributed by atoms with Crippen LogP contribution in [0.2, 0.25) is 0 Å². The molecule has 0 aromatic carbocycles. The summed E-state index contributed by atoms with van der Waals surface area (Å²) in [6.45, 7) is 4.09. The van der Waals surface area contributed by atoms with Crippen molar-refractivity contribution in [2.24, 2.45) is 0 Å².